The molecule has 8 heteroatoms. The van der Waals surface area contributed by atoms with Crippen LogP contribution in [0, 0.1) is 0 Å². The molecule has 1 fully saturated rings. The van der Waals surface area contributed by atoms with Gasteiger partial charge in [-0.1, -0.05) is 23.8 Å². The molecular formula is C16H10ClN3O2S2. The molecule has 0 aliphatic carbocycles. The Bertz CT molecular complexity index is 879. The van der Waals surface area contributed by atoms with Crippen LogP contribution in [0.15, 0.2) is 57.6 Å². The summed E-state index contributed by atoms with van der Waals surface area (Å²) in [5.41, 5.74) is 1.72. The number of hydrogen-bond donors (Lipinski definition) is 2. The van der Waals surface area contributed by atoms with E-state index < -0.39 is 0 Å². The first kappa shape index (κ1) is 16.6. The van der Waals surface area contributed by atoms with Gasteiger partial charge in [0, 0.05) is 10.6 Å². The van der Waals surface area contributed by atoms with Crippen molar-refractivity contribution < 1.29 is 9.90 Å². The van der Waals surface area contributed by atoms with Crippen molar-refractivity contribution in [3.63, 3.8) is 0 Å². The minimum atomic E-state index is -0.232. The van der Waals surface area contributed by atoms with Crippen LogP contribution in [-0.4, -0.2) is 15.3 Å². The fourth-order valence-electron chi connectivity index (χ4n) is 1.91. The number of benzene rings is 2. The highest BCUT2D eigenvalue weighted by Gasteiger charge is 2.21. The lowest BCUT2D eigenvalue weighted by Gasteiger charge is -2.02. The van der Waals surface area contributed by atoms with Gasteiger partial charge in [0.25, 0.3) is 5.24 Å². The van der Waals surface area contributed by atoms with Gasteiger partial charge in [0.1, 0.15) is 10.7 Å². The lowest BCUT2D eigenvalue weighted by Crippen LogP contribution is -2.15. The number of carbonyl (C=O) groups excluding carboxylic acids is 1. The number of azo groups is 1. The van der Waals surface area contributed by atoms with Crippen molar-refractivity contribution in [2.75, 3.05) is 0 Å². The third-order valence-electron chi connectivity index (χ3n) is 3.05. The normalized spacial score (nSPS) is 16.1. The molecule has 0 radical (unpaired) electrons. The van der Waals surface area contributed by atoms with E-state index in [1.165, 1.54) is 6.07 Å². The molecule has 1 saturated heterocycles. The molecule has 2 aromatic carbocycles. The number of phenols is 1. The fraction of sp³-hybridized carbons (Fsp3) is 0. The SMILES string of the molecule is O=C1NC(=S)/C(=C/c2cc(N=Nc3ccc(Cl)cc3)ccc2O)S1. The Hall–Kier alpha value is -2.22. The van der Waals surface area contributed by atoms with Gasteiger partial charge >= 0.3 is 0 Å². The molecule has 0 spiro atoms. The maximum atomic E-state index is 11.3. The summed E-state index contributed by atoms with van der Waals surface area (Å²) in [5, 5.41) is 21.1. The largest absolute Gasteiger partial charge is 0.507 e. The molecule has 0 aromatic heterocycles. The Morgan fingerprint density at radius 3 is 2.46 bits per heavy atom. The topological polar surface area (TPSA) is 74.0 Å². The van der Waals surface area contributed by atoms with Crippen molar-refractivity contribution in [2.45, 2.75) is 0 Å². The van der Waals surface area contributed by atoms with E-state index in [2.05, 4.69) is 15.5 Å². The Morgan fingerprint density at radius 2 is 1.79 bits per heavy atom. The molecule has 1 aliphatic heterocycles. The van der Waals surface area contributed by atoms with E-state index in [9.17, 15) is 9.90 Å². The number of amides is 1. The number of halogens is 1. The lowest BCUT2D eigenvalue weighted by atomic mass is 10.1. The number of nitrogens with zero attached hydrogens (tertiary/aromatic N) is 2. The summed E-state index contributed by atoms with van der Waals surface area (Å²) in [6.07, 6.45) is 1.64. The van der Waals surface area contributed by atoms with Crippen molar-refractivity contribution >= 4 is 63.3 Å². The highest BCUT2D eigenvalue weighted by molar-refractivity contribution is 8.19. The van der Waals surface area contributed by atoms with Crippen molar-refractivity contribution in [1.29, 1.82) is 0 Å². The van der Waals surface area contributed by atoms with E-state index in [0.29, 0.717) is 31.9 Å². The van der Waals surface area contributed by atoms with Crippen LogP contribution in [0.25, 0.3) is 6.08 Å². The summed E-state index contributed by atoms with van der Waals surface area (Å²) in [5.74, 6) is 0.0655. The maximum absolute atomic E-state index is 11.3. The minimum absolute atomic E-state index is 0.0655. The second-order valence-corrected chi connectivity index (χ2v) is 6.63. The van der Waals surface area contributed by atoms with E-state index in [1.807, 2.05) is 0 Å². The quantitative estimate of drug-likeness (QED) is 0.417. The standard InChI is InChI=1S/C16H10ClN3O2S2/c17-10-1-3-11(4-2-10)19-20-12-5-6-13(21)9(7-12)8-14-15(23)18-16(22)24-14/h1-8,21H,(H,18,22,23)/b14-8-,20-19?. The molecule has 1 amide bonds. The Morgan fingerprint density at radius 1 is 1.12 bits per heavy atom. The van der Waals surface area contributed by atoms with Crippen LogP contribution < -0.4 is 5.32 Å². The highest BCUT2D eigenvalue weighted by atomic mass is 35.5. The van der Waals surface area contributed by atoms with Crippen LogP contribution >= 0.6 is 35.6 Å². The number of aromatic hydroxyl groups is 1. The third-order valence-corrected chi connectivity index (χ3v) is 4.58. The van der Waals surface area contributed by atoms with Gasteiger partial charge in [-0.25, -0.2) is 0 Å². The zero-order chi connectivity index (χ0) is 17.1. The predicted octanol–water partition coefficient (Wildman–Crippen LogP) is 5.59. The van der Waals surface area contributed by atoms with Gasteiger partial charge in [-0.15, -0.1) is 0 Å². The van der Waals surface area contributed by atoms with E-state index in [0.717, 1.165) is 11.8 Å². The maximum Gasteiger partial charge on any atom is 0.289 e. The average molecular weight is 376 g/mol. The van der Waals surface area contributed by atoms with Crippen molar-refractivity contribution in [3.8, 4) is 5.75 Å². The second-order valence-electron chi connectivity index (χ2n) is 4.77. The van der Waals surface area contributed by atoms with Crippen LogP contribution in [0.3, 0.4) is 0 Å². The van der Waals surface area contributed by atoms with Gasteiger partial charge in [-0.3, -0.25) is 4.79 Å². The molecule has 5 nitrogen and oxygen atoms in total. The van der Waals surface area contributed by atoms with Crippen LogP contribution in [0.2, 0.25) is 5.02 Å². The van der Waals surface area contributed by atoms with Crippen molar-refractivity contribution in [2.24, 2.45) is 10.2 Å². The number of hydrogen-bond acceptors (Lipinski definition) is 6. The summed E-state index contributed by atoms with van der Waals surface area (Å²) in [4.78, 5) is 12.2. The first-order valence-electron chi connectivity index (χ1n) is 6.76. The molecule has 0 bridgehead atoms. The minimum Gasteiger partial charge on any atom is -0.507 e. The second kappa shape index (κ2) is 7.12. The highest BCUT2D eigenvalue weighted by Crippen LogP contribution is 2.32. The number of nitrogens with one attached hydrogen (secondary N) is 1. The molecule has 24 heavy (non-hydrogen) atoms. The molecule has 2 aromatic rings. The fourth-order valence-corrected chi connectivity index (χ4v) is 3.05. The Kier molecular flexibility index (Phi) is 4.94. The van der Waals surface area contributed by atoms with Crippen molar-refractivity contribution in [1.82, 2.24) is 5.32 Å². The molecule has 3 rings (SSSR count). The van der Waals surface area contributed by atoms with E-state index >= 15 is 0 Å². The molecule has 2 N–H and O–H groups in total. The summed E-state index contributed by atoms with van der Waals surface area (Å²) in [6.45, 7) is 0. The van der Waals surface area contributed by atoms with Crippen LogP contribution in [-0.2, 0) is 0 Å². The third kappa shape index (κ3) is 4.00. The van der Waals surface area contributed by atoms with Gasteiger partial charge < -0.3 is 10.4 Å². The predicted molar refractivity (Wildman–Crippen MR) is 100 cm³/mol. The number of phenolic OH excluding ortho intramolecular Hbond substituents is 1. The van der Waals surface area contributed by atoms with Gasteiger partial charge in [0.2, 0.25) is 0 Å². The number of thioether (sulfide) groups is 1. The molecule has 0 unspecified atom stereocenters. The van der Waals surface area contributed by atoms with Crippen LogP contribution in [0.1, 0.15) is 5.56 Å². The number of thiocarbonyl (C=S) groups is 1. The van der Waals surface area contributed by atoms with Crippen LogP contribution in [0.5, 0.6) is 5.75 Å². The first-order valence-corrected chi connectivity index (χ1v) is 8.37. The monoisotopic (exact) mass is 375 g/mol. The molecule has 120 valence electrons. The number of rotatable bonds is 3. The van der Waals surface area contributed by atoms with E-state index in [1.54, 1.807) is 42.5 Å². The molecule has 1 heterocycles. The molecule has 0 saturated carbocycles. The summed E-state index contributed by atoms with van der Waals surface area (Å²) in [6, 6.07) is 11.8. The van der Waals surface area contributed by atoms with Crippen molar-refractivity contribution in [3.05, 3.63) is 58.0 Å². The Labute approximate surface area is 152 Å². The van der Waals surface area contributed by atoms with E-state index in [-0.39, 0.29) is 11.0 Å². The summed E-state index contributed by atoms with van der Waals surface area (Å²) >= 11 is 11.9. The zero-order valence-corrected chi connectivity index (χ0v) is 14.5. The summed E-state index contributed by atoms with van der Waals surface area (Å²) < 4.78 is 0. The Balaban J connectivity index is 1.86. The van der Waals surface area contributed by atoms with Crippen LogP contribution in [0.4, 0.5) is 16.2 Å². The molecule has 1 aliphatic rings. The lowest BCUT2D eigenvalue weighted by molar-refractivity contribution is 0.265. The van der Waals surface area contributed by atoms with Gasteiger partial charge in [-0.2, -0.15) is 10.2 Å². The van der Waals surface area contributed by atoms with Gasteiger partial charge in [-0.05, 0) is 60.3 Å². The number of carbonyl (C=O) groups is 1. The smallest absolute Gasteiger partial charge is 0.289 e. The zero-order valence-electron chi connectivity index (χ0n) is 12.1. The summed E-state index contributed by atoms with van der Waals surface area (Å²) in [7, 11) is 0. The average Bonchev–Trinajstić information content (AvgIpc) is 2.87. The first-order chi connectivity index (χ1) is 11.5. The van der Waals surface area contributed by atoms with E-state index in [4.69, 9.17) is 23.8 Å². The molecule has 0 atom stereocenters. The molecular weight excluding hydrogens is 366 g/mol. The van der Waals surface area contributed by atoms with Gasteiger partial charge in [0.15, 0.2) is 0 Å². The van der Waals surface area contributed by atoms with Gasteiger partial charge in [0.05, 0.1) is 16.3 Å².